The molecule has 1 aromatic carbocycles. The molecule has 0 aliphatic carbocycles. The maximum absolute atomic E-state index is 11.7. The molecule has 0 unspecified atom stereocenters. The molecule has 1 N–H and O–H groups in total. The number of nitrogens with zero attached hydrogens (tertiary/aromatic N) is 1. The topological polar surface area (TPSA) is 32.3 Å². The van der Waals surface area contributed by atoms with Crippen LogP contribution in [0.2, 0.25) is 0 Å². The zero-order valence-corrected chi connectivity index (χ0v) is 9.81. The standard InChI is InChI=1S/C13H18N2O/c1-10(16)13-12(14-8-9-15(13)2)11-6-4-3-5-7-11/h3-7,12-14H,8-9H2,1-2H3/t12-,13-/m1/s1. The summed E-state index contributed by atoms with van der Waals surface area (Å²) in [4.78, 5) is 13.8. The highest BCUT2D eigenvalue weighted by Gasteiger charge is 2.32. The molecule has 2 atom stereocenters. The molecule has 1 heterocycles. The van der Waals surface area contributed by atoms with Crippen LogP contribution >= 0.6 is 0 Å². The smallest absolute Gasteiger partial charge is 0.148 e. The number of hydrogen-bond acceptors (Lipinski definition) is 3. The van der Waals surface area contributed by atoms with Gasteiger partial charge in [0.1, 0.15) is 5.78 Å². The van der Waals surface area contributed by atoms with Crippen molar-refractivity contribution in [3.05, 3.63) is 35.9 Å². The van der Waals surface area contributed by atoms with Crippen LogP contribution in [0.25, 0.3) is 0 Å². The second-order valence-electron chi connectivity index (χ2n) is 4.38. The fourth-order valence-corrected chi connectivity index (χ4v) is 2.41. The number of likely N-dealkylation sites (N-methyl/N-ethyl adjacent to an activating group) is 1. The maximum Gasteiger partial charge on any atom is 0.148 e. The Bertz CT molecular complexity index is 363. The lowest BCUT2D eigenvalue weighted by atomic mass is 9.93. The molecule has 0 amide bonds. The number of piperazine rings is 1. The van der Waals surface area contributed by atoms with E-state index in [9.17, 15) is 4.79 Å². The summed E-state index contributed by atoms with van der Waals surface area (Å²) in [6.07, 6.45) is 0. The Morgan fingerprint density at radius 3 is 2.69 bits per heavy atom. The molecule has 0 spiro atoms. The average molecular weight is 218 g/mol. The zero-order valence-electron chi connectivity index (χ0n) is 9.81. The minimum Gasteiger partial charge on any atom is -0.307 e. The number of rotatable bonds is 2. The van der Waals surface area contributed by atoms with Gasteiger partial charge >= 0.3 is 0 Å². The van der Waals surface area contributed by atoms with Crippen molar-refractivity contribution in [2.45, 2.75) is 19.0 Å². The van der Waals surface area contributed by atoms with Crippen molar-refractivity contribution in [2.75, 3.05) is 20.1 Å². The van der Waals surface area contributed by atoms with Gasteiger partial charge in [0, 0.05) is 13.1 Å². The van der Waals surface area contributed by atoms with Gasteiger partial charge in [0.2, 0.25) is 0 Å². The summed E-state index contributed by atoms with van der Waals surface area (Å²) in [5, 5.41) is 3.43. The highest BCUT2D eigenvalue weighted by atomic mass is 16.1. The quantitative estimate of drug-likeness (QED) is 0.810. The third kappa shape index (κ3) is 2.15. The number of benzene rings is 1. The highest BCUT2D eigenvalue weighted by molar-refractivity contribution is 5.82. The molecule has 1 saturated heterocycles. The third-order valence-corrected chi connectivity index (χ3v) is 3.19. The van der Waals surface area contributed by atoms with Crippen LogP contribution in [0, 0.1) is 0 Å². The van der Waals surface area contributed by atoms with Crippen LogP contribution in [-0.4, -0.2) is 36.9 Å². The van der Waals surface area contributed by atoms with Crippen LogP contribution < -0.4 is 5.32 Å². The van der Waals surface area contributed by atoms with Gasteiger partial charge in [-0.3, -0.25) is 9.69 Å². The van der Waals surface area contributed by atoms with Gasteiger partial charge in [-0.05, 0) is 19.5 Å². The fraction of sp³-hybridized carbons (Fsp3) is 0.462. The minimum absolute atomic E-state index is 0.0452. The molecular weight excluding hydrogens is 200 g/mol. The summed E-state index contributed by atoms with van der Waals surface area (Å²) in [5.74, 6) is 0.226. The Labute approximate surface area is 96.5 Å². The number of hydrogen-bond donors (Lipinski definition) is 1. The summed E-state index contributed by atoms with van der Waals surface area (Å²) in [6, 6.07) is 10.3. The van der Waals surface area contributed by atoms with Crippen molar-refractivity contribution in [1.29, 1.82) is 0 Å². The number of carbonyl (C=O) groups is 1. The van der Waals surface area contributed by atoms with E-state index in [1.807, 2.05) is 25.2 Å². The average Bonchev–Trinajstić information content (AvgIpc) is 2.29. The molecule has 0 bridgehead atoms. The van der Waals surface area contributed by atoms with Crippen LogP contribution in [0.5, 0.6) is 0 Å². The Kier molecular flexibility index (Phi) is 3.36. The molecule has 1 aliphatic rings. The fourth-order valence-electron chi connectivity index (χ4n) is 2.41. The van der Waals surface area contributed by atoms with E-state index in [2.05, 4.69) is 22.3 Å². The van der Waals surface area contributed by atoms with Gasteiger partial charge in [0.25, 0.3) is 0 Å². The Morgan fingerprint density at radius 2 is 2.06 bits per heavy atom. The van der Waals surface area contributed by atoms with Crippen molar-refractivity contribution in [1.82, 2.24) is 10.2 Å². The zero-order chi connectivity index (χ0) is 11.5. The summed E-state index contributed by atoms with van der Waals surface area (Å²) in [5.41, 5.74) is 1.19. The second kappa shape index (κ2) is 4.76. The van der Waals surface area contributed by atoms with E-state index < -0.39 is 0 Å². The van der Waals surface area contributed by atoms with Gasteiger partial charge in [0.15, 0.2) is 0 Å². The molecule has 1 aliphatic heterocycles. The van der Waals surface area contributed by atoms with Crippen LogP contribution in [0.1, 0.15) is 18.5 Å². The molecule has 3 heteroatoms. The lowest BCUT2D eigenvalue weighted by Crippen LogP contribution is -2.54. The van der Waals surface area contributed by atoms with E-state index in [4.69, 9.17) is 0 Å². The van der Waals surface area contributed by atoms with Crippen LogP contribution in [-0.2, 0) is 4.79 Å². The minimum atomic E-state index is -0.0452. The van der Waals surface area contributed by atoms with Crippen molar-refractivity contribution in [3.8, 4) is 0 Å². The van der Waals surface area contributed by atoms with E-state index in [0.717, 1.165) is 13.1 Å². The summed E-state index contributed by atoms with van der Waals surface area (Å²) in [6.45, 7) is 3.53. The van der Waals surface area contributed by atoms with E-state index in [1.165, 1.54) is 5.56 Å². The molecule has 0 saturated carbocycles. The first-order valence-electron chi connectivity index (χ1n) is 5.69. The number of nitrogens with one attached hydrogen (secondary N) is 1. The van der Waals surface area contributed by atoms with Crippen LogP contribution in [0.15, 0.2) is 30.3 Å². The van der Waals surface area contributed by atoms with Gasteiger partial charge in [-0.15, -0.1) is 0 Å². The maximum atomic E-state index is 11.7. The molecule has 3 nitrogen and oxygen atoms in total. The molecule has 1 fully saturated rings. The highest BCUT2D eigenvalue weighted by Crippen LogP contribution is 2.23. The number of Topliss-reactive ketones (excluding diaryl/α,β-unsaturated/α-hetero) is 1. The predicted octanol–water partition coefficient (Wildman–Crippen LogP) is 1.22. The van der Waals surface area contributed by atoms with E-state index in [1.54, 1.807) is 6.92 Å². The number of ketones is 1. The van der Waals surface area contributed by atoms with Crippen molar-refractivity contribution >= 4 is 5.78 Å². The molecule has 1 aromatic rings. The molecule has 2 rings (SSSR count). The van der Waals surface area contributed by atoms with Crippen molar-refractivity contribution in [3.63, 3.8) is 0 Å². The Morgan fingerprint density at radius 1 is 1.38 bits per heavy atom. The van der Waals surface area contributed by atoms with E-state index in [-0.39, 0.29) is 17.9 Å². The Hall–Kier alpha value is -1.19. The first-order chi connectivity index (χ1) is 7.70. The van der Waals surface area contributed by atoms with E-state index >= 15 is 0 Å². The molecular formula is C13H18N2O. The molecule has 16 heavy (non-hydrogen) atoms. The van der Waals surface area contributed by atoms with Gasteiger partial charge in [-0.1, -0.05) is 30.3 Å². The van der Waals surface area contributed by atoms with Crippen molar-refractivity contribution in [2.24, 2.45) is 0 Å². The van der Waals surface area contributed by atoms with Gasteiger partial charge < -0.3 is 5.32 Å². The Balaban J connectivity index is 2.27. The lowest BCUT2D eigenvalue weighted by molar-refractivity contribution is -0.123. The van der Waals surface area contributed by atoms with Crippen molar-refractivity contribution < 1.29 is 4.79 Å². The second-order valence-corrected chi connectivity index (χ2v) is 4.38. The predicted molar refractivity (Wildman–Crippen MR) is 64.3 cm³/mol. The van der Waals surface area contributed by atoms with Gasteiger partial charge in [-0.2, -0.15) is 0 Å². The first kappa shape index (κ1) is 11.3. The SMILES string of the molecule is CC(=O)[C@@H]1[C@@H](c2ccccc2)NCCN1C. The van der Waals surface area contributed by atoms with Gasteiger partial charge in [-0.25, -0.2) is 0 Å². The molecule has 0 radical (unpaired) electrons. The molecule has 0 aromatic heterocycles. The summed E-state index contributed by atoms with van der Waals surface area (Å²) >= 11 is 0. The van der Waals surface area contributed by atoms with E-state index in [0.29, 0.717) is 0 Å². The molecule has 86 valence electrons. The monoisotopic (exact) mass is 218 g/mol. The summed E-state index contributed by atoms with van der Waals surface area (Å²) in [7, 11) is 2.02. The largest absolute Gasteiger partial charge is 0.307 e. The normalized spacial score (nSPS) is 26.6. The van der Waals surface area contributed by atoms with Crippen LogP contribution in [0.4, 0.5) is 0 Å². The van der Waals surface area contributed by atoms with Gasteiger partial charge in [0.05, 0.1) is 12.1 Å². The first-order valence-corrected chi connectivity index (χ1v) is 5.69. The number of carbonyl (C=O) groups excluding carboxylic acids is 1. The van der Waals surface area contributed by atoms with Crippen LogP contribution in [0.3, 0.4) is 0 Å². The lowest BCUT2D eigenvalue weighted by Gasteiger charge is -2.38. The summed E-state index contributed by atoms with van der Waals surface area (Å²) < 4.78 is 0. The third-order valence-electron chi connectivity index (χ3n) is 3.19.